The molecule has 1 unspecified atom stereocenters. The van der Waals surface area contributed by atoms with Crippen molar-refractivity contribution < 1.29 is 9.47 Å². The number of nitrogens with zero attached hydrogens (tertiary/aromatic N) is 1. The van der Waals surface area contributed by atoms with Crippen LogP contribution in [0.5, 0.6) is 5.75 Å². The molecule has 1 saturated heterocycles. The van der Waals surface area contributed by atoms with E-state index >= 15 is 0 Å². The van der Waals surface area contributed by atoms with E-state index in [-0.39, 0.29) is 6.10 Å². The Morgan fingerprint density at radius 1 is 1.44 bits per heavy atom. The minimum atomic E-state index is 0.190. The second-order valence-corrected chi connectivity index (χ2v) is 4.50. The molecule has 1 aliphatic heterocycles. The van der Waals surface area contributed by atoms with Gasteiger partial charge in [0.05, 0.1) is 18.6 Å². The summed E-state index contributed by atoms with van der Waals surface area (Å²) in [6.45, 7) is 1.39. The van der Waals surface area contributed by atoms with Crippen LogP contribution in [0.15, 0.2) is 18.2 Å². The predicted octanol–water partition coefficient (Wildman–Crippen LogP) is 2.28. The summed E-state index contributed by atoms with van der Waals surface area (Å²) in [7, 11) is 0. The Kier molecular flexibility index (Phi) is 4.43. The molecule has 1 heterocycles. The lowest BCUT2D eigenvalue weighted by atomic mass is 10.1. The van der Waals surface area contributed by atoms with E-state index in [1.165, 1.54) is 6.42 Å². The number of anilines is 1. The number of nitriles is 1. The molecular formula is C14H18N2O2. The fourth-order valence-corrected chi connectivity index (χ4v) is 2.04. The van der Waals surface area contributed by atoms with E-state index in [1.807, 2.05) is 12.1 Å². The molecule has 0 bridgehead atoms. The Bertz CT molecular complexity index is 434. The predicted molar refractivity (Wildman–Crippen MR) is 69.3 cm³/mol. The van der Waals surface area contributed by atoms with Crippen molar-refractivity contribution in [3.63, 3.8) is 0 Å². The van der Waals surface area contributed by atoms with Crippen LogP contribution in [-0.4, -0.2) is 19.3 Å². The summed E-state index contributed by atoms with van der Waals surface area (Å²) in [5.74, 6) is 0.753. The van der Waals surface area contributed by atoms with Crippen molar-refractivity contribution in [3.8, 4) is 11.8 Å². The van der Waals surface area contributed by atoms with Gasteiger partial charge in [-0.2, -0.15) is 5.26 Å². The van der Waals surface area contributed by atoms with Crippen molar-refractivity contribution in [1.82, 2.24) is 0 Å². The van der Waals surface area contributed by atoms with Gasteiger partial charge in [-0.25, -0.2) is 0 Å². The van der Waals surface area contributed by atoms with E-state index in [1.54, 1.807) is 6.07 Å². The van der Waals surface area contributed by atoms with Gasteiger partial charge < -0.3 is 15.2 Å². The number of rotatable bonds is 4. The number of ether oxygens (including phenoxy) is 2. The summed E-state index contributed by atoms with van der Waals surface area (Å²) >= 11 is 0. The van der Waals surface area contributed by atoms with E-state index in [2.05, 4.69) is 6.07 Å². The number of nitrogen functional groups attached to an aromatic ring is 1. The van der Waals surface area contributed by atoms with Gasteiger partial charge in [0.25, 0.3) is 0 Å². The van der Waals surface area contributed by atoms with Gasteiger partial charge in [0.1, 0.15) is 12.4 Å². The first-order valence-electron chi connectivity index (χ1n) is 6.29. The Labute approximate surface area is 107 Å². The zero-order valence-electron chi connectivity index (χ0n) is 10.4. The largest absolute Gasteiger partial charge is 0.491 e. The molecule has 1 fully saturated rings. The van der Waals surface area contributed by atoms with E-state index in [0.717, 1.165) is 30.8 Å². The smallest absolute Gasteiger partial charge is 0.119 e. The maximum atomic E-state index is 8.70. The van der Waals surface area contributed by atoms with E-state index in [4.69, 9.17) is 20.5 Å². The third kappa shape index (κ3) is 3.38. The fraction of sp³-hybridized carbons (Fsp3) is 0.500. The van der Waals surface area contributed by atoms with Gasteiger partial charge in [0, 0.05) is 12.3 Å². The summed E-state index contributed by atoms with van der Waals surface area (Å²) < 4.78 is 11.3. The highest BCUT2D eigenvalue weighted by Crippen LogP contribution is 2.21. The Hall–Kier alpha value is -1.73. The molecule has 4 heteroatoms. The minimum Gasteiger partial charge on any atom is -0.491 e. The van der Waals surface area contributed by atoms with Crippen LogP contribution in [0.4, 0.5) is 5.69 Å². The second kappa shape index (κ2) is 6.27. The Balaban J connectivity index is 1.92. The van der Waals surface area contributed by atoms with Crippen molar-refractivity contribution in [2.45, 2.75) is 31.8 Å². The molecule has 18 heavy (non-hydrogen) atoms. The molecule has 0 saturated carbocycles. The van der Waals surface area contributed by atoms with Crippen molar-refractivity contribution in [2.24, 2.45) is 0 Å². The van der Waals surface area contributed by atoms with Crippen LogP contribution in [0.25, 0.3) is 0 Å². The van der Waals surface area contributed by atoms with Gasteiger partial charge in [-0.05, 0) is 43.0 Å². The van der Waals surface area contributed by atoms with Crippen molar-refractivity contribution in [2.75, 3.05) is 18.9 Å². The maximum absolute atomic E-state index is 8.70. The van der Waals surface area contributed by atoms with Crippen LogP contribution in [0.2, 0.25) is 0 Å². The van der Waals surface area contributed by atoms with Crippen LogP contribution in [-0.2, 0) is 11.2 Å². The third-order valence-electron chi connectivity index (χ3n) is 3.09. The second-order valence-electron chi connectivity index (χ2n) is 4.50. The van der Waals surface area contributed by atoms with Crippen LogP contribution < -0.4 is 10.5 Å². The molecule has 1 aromatic carbocycles. The molecule has 0 aromatic heterocycles. The normalized spacial score (nSPS) is 19.2. The minimum absolute atomic E-state index is 0.190. The molecule has 4 nitrogen and oxygen atoms in total. The molecule has 0 radical (unpaired) electrons. The van der Waals surface area contributed by atoms with E-state index < -0.39 is 0 Å². The molecule has 96 valence electrons. The monoisotopic (exact) mass is 246 g/mol. The first-order chi connectivity index (χ1) is 8.79. The molecular weight excluding hydrogens is 228 g/mol. The van der Waals surface area contributed by atoms with Gasteiger partial charge in [-0.3, -0.25) is 0 Å². The molecule has 1 aliphatic rings. The molecule has 1 aromatic rings. The number of nitrogens with two attached hydrogens (primary N) is 1. The van der Waals surface area contributed by atoms with Gasteiger partial charge >= 0.3 is 0 Å². The summed E-state index contributed by atoms with van der Waals surface area (Å²) in [5.41, 5.74) is 7.24. The average Bonchev–Trinajstić information content (AvgIpc) is 2.41. The number of hydrogen-bond acceptors (Lipinski definition) is 4. The Morgan fingerprint density at radius 3 is 3.06 bits per heavy atom. The highest BCUT2D eigenvalue weighted by molar-refractivity contribution is 5.51. The lowest BCUT2D eigenvalue weighted by molar-refractivity contribution is -0.0110. The zero-order valence-corrected chi connectivity index (χ0v) is 10.4. The van der Waals surface area contributed by atoms with Crippen LogP contribution in [0.1, 0.15) is 24.8 Å². The van der Waals surface area contributed by atoms with Crippen LogP contribution >= 0.6 is 0 Å². The zero-order chi connectivity index (χ0) is 12.8. The van der Waals surface area contributed by atoms with E-state index in [9.17, 15) is 0 Å². The summed E-state index contributed by atoms with van der Waals surface area (Å²) in [4.78, 5) is 0. The van der Waals surface area contributed by atoms with Crippen molar-refractivity contribution in [3.05, 3.63) is 23.8 Å². The van der Waals surface area contributed by atoms with Gasteiger partial charge in [-0.1, -0.05) is 0 Å². The maximum Gasteiger partial charge on any atom is 0.119 e. The lowest BCUT2D eigenvalue weighted by Gasteiger charge is -2.22. The quantitative estimate of drug-likeness (QED) is 0.827. The van der Waals surface area contributed by atoms with Gasteiger partial charge in [0.15, 0.2) is 0 Å². The summed E-state index contributed by atoms with van der Waals surface area (Å²) in [6, 6.07) is 7.55. The molecule has 0 aliphatic carbocycles. The average molecular weight is 246 g/mol. The highest BCUT2D eigenvalue weighted by atomic mass is 16.5. The van der Waals surface area contributed by atoms with E-state index in [0.29, 0.717) is 18.7 Å². The molecule has 2 rings (SSSR count). The topological polar surface area (TPSA) is 68.3 Å². The SMILES string of the molecule is N#CCc1cc(OCC2CCCCO2)ccc1N. The Morgan fingerprint density at radius 2 is 2.33 bits per heavy atom. The third-order valence-corrected chi connectivity index (χ3v) is 3.09. The molecule has 0 amide bonds. The molecule has 1 atom stereocenters. The van der Waals surface area contributed by atoms with Gasteiger partial charge in [-0.15, -0.1) is 0 Å². The van der Waals surface area contributed by atoms with Gasteiger partial charge in [0.2, 0.25) is 0 Å². The number of hydrogen-bond donors (Lipinski definition) is 1. The van der Waals surface area contributed by atoms with Crippen molar-refractivity contribution >= 4 is 5.69 Å². The first kappa shape index (κ1) is 12.7. The van der Waals surface area contributed by atoms with Crippen LogP contribution in [0.3, 0.4) is 0 Å². The lowest BCUT2D eigenvalue weighted by Crippen LogP contribution is -2.25. The summed E-state index contributed by atoms with van der Waals surface area (Å²) in [6.07, 6.45) is 3.90. The van der Waals surface area contributed by atoms with Crippen LogP contribution in [0, 0.1) is 11.3 Å². The summed E-state index contributed by atoms with van der Waals surface area (Å²) in [5, 5.41) is 8.70. The highest BCUT2D eigenvalue weighted by Gasteiger charge is 2.14. The number of benzene rings is 1. The molecule has 2 N–H and O–H groups in total. The standard InChI is InChI=1S/C14H18N2O2/c15-7-6-11-9-12(4-5-14(11)16)18-10-13-3-1-2-8-17-13/h4-5,9,13H,1-3,6,8,10,16H2. The fourth-order valence-electron chi connectivity index (χ4n) is 2.04. The van der Waals surface area contributed by atoms with Crippen molar-refractivity contribution in [1.29, 1.82) is 5.26 Å². The molecule has 0 spiro atoms. The first-order valence-corrected chi connectivity index (χ1v) is 6.29.